The Labute approximate surface area is 169 Å². The van der Waals surface area contributed by atoms with Crippen molar-refractivity contribution in [2.45, 2.75) is 31.8 Å². The number of carbonyl (C=O) groups is 1. The Morgan fingerprint density at radius 2 is 1.79 bits per heavy atom. The fourth-order valence-corrected chi connectivity index (χ4v) is 4.70. The third kappa shape index (κ3) is 2.88. The highest BCUT2D eigenvalue weighted by molar-refractivity contribution is 5.74. The molecule has 0 amide bonds. The summed E-state index contributed by atoms with van der Waals surface area (Å²) in [5.41, 5.74) is 4.35. The standard InChI is InChI=1S/C22H23NO6/c1-12-14-4-5-17-22(29-11-26-17)16(14)9-23(2)21(12)15-8-19-18(27-10-28-19)6-13(15)7-20(24)25-3/h4-6,8,12,21H,7,9-11H2,1-3H3/t12-,21+/m0/s1. The summed E-state index contributed by atoms with van der Waals surface area (Å²) in [6, 6.07) is 8.09. The van der Waals surface area contributed by atoms with Gasteiger partial charge in [0.1, 0.15) is 0 Å². The molecule has 7 nitrogen and oxygen atoms in total. The minimum absolute atomic E-state index is 0.0667. The van der Waals surface area contributed by atoms with E-state index in [2.05, 4.69) is 24.9 Å². The van der Waals surface area contributed by atoms with Crippen molar-refractivity contribution < 1.29 is 28.5 Å². The highest BCUT2D eigenvalue weighted by Crippen LogP contribution is 2.50. The number of rotatable bonds is 3. The summed E-state index contributed by atoms with van der Waals surface area (Å²) in [6.07, 6.45) is 0.188. The summed E-state index contributed by atoms with van der Waals surface area (Å²) in [4.78, 5) is 14.4. The zero-order valence-electron chi connectivity index (χ0n) is 16.7. The van der Waals surface area contributed by atoms with E-state index < -0.39 is 0 Å². The summed E-state index contributed by atoms with van der Waals surface area (Å²) in [5, 5.41) is 0. The normalized spacial score (nSPS) is 21.8. The van der Waals surface area contributed by atoms with E-state index in [1.54, 1.807) is 0 Å². The molecule has 2 aromatic rings. The number of hydrogen-bond donors (Lipinski definition) is 0. The molecular weight excluding hydrogens is 374 g/mol. The van der Waals surface area contributed by atoms with Crippen LogP contribution in [0.5, 0.6) is 23.0 Å². The van der Waals surface area contributed by atoms with Crippen molar-refractivity contribution in [3.8, 4) is 23.0 Å². The lowest BCUT2D eigenvalue weighted by Gasteiger charge is -2.40. The summed E-state index contributed by atoms with van der Waals surface area (Å²) in [6.45, 7) is 3.38. The predicted octanol–water partition coefficient (Wildman–Crippen LogP) is 3.15. The molecule has 152 valence electrons. The molecule has 0 N–H and O–H groups in total. The van der Waals surface area contributed by atoms with E-state index in [9.17, 15) is 4.79 Å². The monoisotopic (exact) mass is 397 g/mol. The van der Waals surface area contributed by atoms with Gasteiger partial charge in [0.05, 0.1) is 13.5 Å². The Kier molecular flexibility index (Phi) is 4.28. The Balaban J connectivity index is 1.59. The number of nitrogens with zero attached hydrogens (tertiary/aromatic N) is 1. The Morgan fingerprint density at radius 3 is 2.59 bits per heavy atom. The molecule has 0 spiro atoms. The van der Waals surface area contributed by atoms with Crippen LogP contribution in [0.2, 0.25) is 0 Å². The van der Waals surface area contributed by atoms with Gasteiger partial charge in [-0.3, -0.25) is 9.69 Å². The van der Waals surface area contributed by atoms with Crippen molar-refractivity contribution in [1.82, 2.24) is 4.90 Å². The van der Waals surface area contributed by atoms with Gasteiger partial charge in [0.2, 0.25) is 13.6 Å². The lowest BCUT2D eigenvalue weighted by atomic mass is 9.79. The molecule has 3 aliphatic rings. The van der Waals surface area contributed by atoms with Crippen molar-refractivity contribution in [2.24, 2.45) is 0 Å². The Hall–Kier alpha value is -2.93. The predicted molar refractivity (Wildman–Crippen MR) is 103 cm³/mol. The van der Waals surface area contributed by atoms with E-state index in [1.807, 2.05) is 18.2 Å². The molecule has 0 saturated heterocycles. The molecule has 2 aromatic carbocycles. The first-order chi connectivity index (χ1) is 14.1. The molecule has 0 unspecified atom stereocenters. The maximum atomic E-state index is 12.1. The van der Waals surface area contributed by atoms with Crippen LogP contribution < -0.4 is 18.9 Å². The Morgan fingerprint density at radius 1 is 1.07 bits per heavy atom. The third-order valence-electron chi connectivity index (χ3n) is 6.04. The quantitative estimate of drug-likeness (QED) is 0.737. The lowest BCUT2D eigenvalue weighted by molar-refractivity contribution is -0.139. The zero-order chi connectivity index (χ0) is 20.1. The largest absolute Gasteiger partial charge is 0.469 e. The smallest absolute Gasteiger partial charge is 0.309 e. The first-order valence-corrected chi connectivity index (χ1v) is 9.67. The van der Waals surface area contributed by atoms with Crippen LogP contribution in [0.4, 0.5) is 0 Å². The Bertz CT molecular complexity index is 988. The van der Waals surface area contributed by atoms with E-state index in [0.717, 1.165) is 29.2 Å². The second-order valence-electron chi connectivity index (χ2n) is 7.67. The number of hydrogen-bond acceptors (Lipinski definition) is 7. The van der Waals surface area contributed by atoms with Gasteiger partial charge in [-0.05, 0) is 41.9 Å². The van der Waals surface area contributed by atoms with E-state index in [1.165, 1.54) is 18.2 Å². The summed E-state index contributed by atoms with van der Waals surface area (Å²) in [7, 11) is 3.50. The molecule has 0 saturated carbocycles. The van der Waals surface area contributed by atoms with E-state index >= 15 is 0 Å². The number of methoxy groups -OCH3 is 1. The number of esters is 1. The average Bonchev–Trinajstić information content (AvgIpc) is 3.36. The van der Waals surface area contributed by atoms with Crippen LogP contribution in [-0.2, 0) is 22.5 Å². The molecule has 3 aliphatic heterocycles. The van der Waals surface area contributed by atoms with Crippen LogP contribution in [0.25, 0.3) is 0 Å². The lowest BCUT2D eigenvalue weighted by Crippen LogP contribution is -2.34. The number of carbonyl (C=O) groups excluding carboxylic acids is 1. The van der Waals surface area contributed by atoms with Crippen molar-refractivity contribution in [2.75, 3.05) is 27.7 Å². The molecule has 0 aliphatic carbocycles. The molecule has 7 heteroatoms. The minimum atomic E-state index is -0.278. The van der Waals surface area contributed by atoms with Crippen molar-refractivity contribution in [3.63, 3.8) is 0 Å². The molecule has 5 rings (SSSR count). The fraction of sp³-hybridized carbons (Fsp3) is 0.409. The minimum Gasteiger partial charge on any atom is -0.469 e. The molecule has 0 fully saturated rings. The molecule has 0 bridgehead atoms. The second kappa shape index (κ2) is 6.84. The van der Waals surface area contributed by atoms with Crippen LogP contribution >= 0.6 is 0 Å². The summed E-state index contributed by atoms with van der Waals surface area (Å²) < 4.78 is 27.4. The molecule has 3 heterocycles. The van der Waals surface area contributed by atoms with Gasteiger partial charge >= 0.3 is 5.97 Å². The van der Waals surface area contributed by atoms with Crippen molar-refractivity contribution in [1.29, 1.82) is 0 Å². The fourth-order valence-electron chi connectivity index (χ4n) is 4.70. The van der Waals surface area contributed by atoms with E-state index in [0.29, 0.717) is 11.5 Å². The average molecular weight is 397 g/mol. The molecule has 0 aromatic heterocycles. The van der Waals surface area contributed by atoms with Gasteiger partial charge < -0.3 is 23.7 Å². The van der Waals surface area contributed by atoms with Gasteiger partial charge in [0, 0.05) is 24.1 Å². The highest BCUT2D eigenvalue weighted by Gasteiger charge is 2.37. The van der Waals surface area contributed by atoms with Crippen LogP contribution in [0.15, 0.2) is 24.3 Å². The van der Waals surface area contributed by atoms with Crippen LogP contribution in [0, 0.1) is 0 Å². The number of fused-ring (bicyclic) bond motifs is 4. The number of likely N-dealkylation sites (N-methyl/N-ethyl adjacent to an activating group) is 1. The van der Waals surface area contributed by atoms with Crippen LogP contribution in [0.3, 0.4) is 0 Å². The van der Waals surface area contributed by atoms with Gasteiger partial charge in [-0.2, -0.15) is 0 Å². The zero-order valence-corrected chi connectivity index (χ0v) is 16.7. The first-order valence-electron chi connectivity index (χ1n) is 9.67. The molecule has 0 radical (unpaired) electrons. The maximum absolute atomic E-state index is 12.1. The summed E-state index contributed by atoms with van der Waals surface area (Å²) in [5.74, 6) is 2.93. The first kappa shape index (κ1) is 18.1. The van der Waals surface area contributed by atoms with Crippen LogP contribution in [0.1, 0.15) is 41.1 Å². The van der Waals surface area contributed by atoms with Gasteiger partial charge in [-0.1, -0.05) is 13.0 Å². The SMILES string of the molecule is COC(=O)Cc1cc2c(cc1[C@H]1[C@@H](C)c3ccc4c(c3CN1C)OCO4)OCO2. The van der Waals surface area contributed by atoms with Gasteiger partial charge in [-0.15, -0.1) is 0 Å². The van der Waals surface area contributed by atoms with E-state index in [4.69, 9.17) is 23.7 Å². The summed E-state index contributed by atoms with van der Waals surface area (Å²) >= 11 is 0. The van der Waals surface area contributed by atoms with E-state index in [-0.39, 0.29) is 37.9 Å². The van der Waals surface area contributed by atoms with Crippen LogP contribution in [-0.4, -0.2) is 38.6 Å². The van der Waals surface area contributed by atoms with Gasteiger partial charge in [0.25, 0.3) is 0 Å². The molecule has 29 heavy (non-hydrogen) atoms. The molecule has 2 atom stereocenters. The topological polar surface area (TPSA) is 66.5 Å². The molecular formula is C22H23NO6. The number of ether oxygens (including phenoxy) is 5. The van der Waals surface area contributed by atoms with Crippen molar-refractivity contribution >= 4 is 5.97 Å². The van der Waals surface area contributed by atoms with Gasteiger partial charge in [-0.25, -0.2) is 0 Å². The maximum Gasteiger partial charge on any atom is 0.309 e. The highest BCUT2D eigenvalue weighted by atomic mass is 16.7. The van der Waals surface area contributed by atoms with Crippen molar-refractivity contribution in [3.05, 3.63) is 46.5 Å². The third-order valence-corrected chi connectivity index (χ3v) is 6.04. The number of benzene rings is 2. The van der Waals surface area contributed by atoms with Gasteiger partial charge in [0.15, 0.2) is 23.0 Å². The second-order valence-corrected chi connectivity index (χ2v) is 7.67.